The molecule has 0 amide bonds. The molecular formula is C13H20FN. The summed E-state index contributed by atoms with van der Waals surface area (Å²) in [5.74, 6) is -0.129. The van der Waals surface area contributed by atoms with Crippen molar-refractivity contribution >= 4 is 0 Å². The van der Waals surface area contributed by atoms with E-state index in [0.29, 0.717) is 0 Å². The molecule has 0 saturated carbocycles. The number of hydrogen-bond acceptors (Lipinski definition) is 1. The van der Waals surface area contributed by atoms with Gasteiger partial charge in [-0.1, -0.05) is 6.42 Å². The van der Waals surface area contributed by atoms with Crippen molar-refractivity contribution in [2.45, 2.75) is 39.5 Å². The van der Waals surface area contributed by atoms with Crippen LogP contribution in [0.15, 0.2) is 12.1 Å². The second-order valence-corrected chi connectivity index (χ2v) is 4.12. The molecular weight excluding hydrogens is 189 g/mol. The van der Waals surface area contributed by atoms with Crippen molar-refractivity contribution in [3.63, 3.8) is 0 Å². The highest BCUT2D eigenvalue weighted by Gasteiger charge is 2.04. The zero-order valence-corrected chi connectivity index (χ0v) is 9.65. The van der Waals surface area contributed by atoms with E-state index >= 15 is 0 Å². The maximum Gasteiger partial charge on any atom is 0.123 e. The molecule has 0 aliphatic heterocycles. The smallest absolute Gasteiger partial charge is 0.123 e. The fraction of sp³-hybridized carbons (Fsp3) is 0.538. The molecule has 2 heteroatoms. The molecule has 1 rings (SSSR count). The molecule has 0 radical (unpaired) electrons. The summed E-state index contributed by atoms with van der Waals surface area (Å²) in [6, 6.07) is 3.23. The minimum Gasteiger partial charge on any atom is -0.330 e. The van der Waals surface area contributed by atoms with Gasteiger partial charge in [0.2, 0.25) is 0 Å². The predicted molar refractivity (Wildman–Crippen MR) is 62.5 cm³/mol. The summed E-state index contributed by atoms with van der Waals surface area (Å²) < 4.78 is 13.0. The van der Waals surface area contributed by atoms with Gasteiger partial charge in [-0.3, -0.25) is 0 Å². The molecule has 0 heterocycles. The Morgan fingerprint density at radius 1 is 1.07 bits per heavy atom. The summed E-state index contributed by atoms with van der Waals surface area (Å²) in [7, 11) is 0. The van der Waals surface area contributed by atoms with Crippen molar-refractivity contribution < 1.29 is 4.39 Å². The van der Waals surface area contributed by atoms with E-state index in [4.69, 9.17) is 5.73 Å². The highest BCUT2D eigenvalue weighted by Crippen LogP contribution is 2.18. The van der Waals surface area contributed by atoms with E-state index in [1.807, 2.05) is 13.8 Å². The van der Waals surface area contributed by atoms with Gasteiger partial charge in [0.1, 0.15) is 5.82 Å². The molecule has 2 N–H and O–H groups in total. The summed E-state index contributed by atoms with van der Waals surface area (Å²) >= 11 is 0. The summed E-state index contributed by atoms with van der Waals surface area (Å²) in [4.78, 5) is 0. The Morgan fingerprint density at radius 3 is 2.20 bits per heavy atom. The van der Waals surface area contributed by atoms with Gasteiger partial charge >= 0.3 is 0 Å². The number of unbranched alkanes of at least 4 members (excludes halogenated alkanes) is 2. The van der Waals surface area contributed by atoms with Gasteiger partial charge in [-0.25, -0.2) is 4.39 Å². The second kappa shape index (κ2) is 5.86. The van der Waals surface area contributed by atoms with Gasteiger partial charge in [0, 0.05) is 0 Å². The van der Waals surface area contributed by atoms with Crippen molar-refractivity contribution in [3.8, 4) is 0 Å². The monoisotopic (exact) mass is 209 g/mol. The van der Waals surface area contributed by atoms with Gasteiger partial charge in [-0.15, -0.1) is 0 Å². The quantitative estimate of drug-likeness (QED) is 0.741. The molecule has 0 unspecified atom stereocenters. The van der Waals surface area contributed by atoms with Crippen LogP contribution in [0.4, 0.5) is 4.39 Å². The van der Waals surface area contributed by atoms with E-state index in [0.717, 1.165) is 43.4 Å². The van der Waals surface area contributed by atoms with E-state index < -0.39 is 0 Å². The van der Waals surface area contributed by atoms with Gasteiger partial charge in [-0.2, -0.15) is 0 Å². The highest BCUT2D eigenvalue weighted by atomic mass is 19.1. The Kier molecular flexibility index (Phi) is 4.76. The van der Waals surface area contributed by atoms with Crippen molar-refractivity contribution in [2.24, 2.45) is 5.73 Å². The van der Waals surface area contributed by atoms with Gasteiger partial charge in [0.25, 0.3) is 0 Å². The molecule has 0 aromatic heterocycles. The maximum atomic E-state index is 13.0. The molecule has 15 heavy (non-hydrogen) atoms. The number of aryl methyl sites for hydroxylation is 2. The first-order valence-corrected chi connectivity index (χ1v) is 5.61. The third-order valence-corrected chi connectivity index (χ3v) is 2.79. The van der Waals surface area contributed by atoms with Crippen LogP contribution in [0.3, 0.4) is 0 Å². The molecule has 0 spiro atoms. The van der Waals surface area contributed by atoms with Crippen LogP contribution < -0.4 is 5.73 Å². The van der Waals surface area contributed by atoms with Crippen LogP contribution in [0, 0.1) is 19.7 Å². The summed E-state index contributed by atoms with van der Waals surface area (Å²) in [5.41, 5.74) is 8.88. The number of benzene rings is 1. The van der Waals surface area contributed by atoms with Crippen molar-refractivity contribution in [2.75, 3.05) is 6.54 Å². The van der Waals surface area contributed by atoms with Crippen molar-refractivity contribution in [1.29, 1.82) is 0 Å². The zero-order valence-electron chi connectivity index (χ0n) is 9.65. The fourth-order valence-electron chi connectivity index (χ4n) is 1.96. The highest BCUT2D eigenvalue weighted by molar-refractivity contribution is 5.34. The van der Waals surface area contributed by atoms with Crippen molar-refractivity contribution in [3.05, 3.63) is 34.6 Å². The number of halogens is 1. The number of nitrogens with two attached hydrogens (primary N) is 1. The average molecular weight is 209 g/mol. The first-order chi connectivity index (χ1) is 7.15. The lowest BCUT2D eigenvalue weighted by Gasteiger charge is -2.09. The SMILES string of the molecule is Cc1cc(F)cc(C)c1CCCCCN. The molecule has 0 bridgehead atoms. The maximum absolute atomic E-state index is 13.0. The van der Waals surface area contributed by atoms with Crippen LogP contribution >= 0.6 is 0 Å². The molecule has 84 valence electrons. The Labute approximate surface area is 91.5 Å². The molecule has 0 atom stereocenters. The Hall–Kier alpha value is -0.890. The lowest BCUT2D eigenvalue weighted by Crippen LogP contribution is -2.00. The summed E-state index contributed by atoms with van der Waals surface area (Å²) in [6.45, 7) is 4.73. The first-order valence-electron chi connectivity index (χ1n) is 5.61. The summed E-state index contributed by atoms with van der Waals surface area (Å²) in [5, 5.41) is 0. The van der Waals surface area contributed by atoms with Crippen molar-refractivity contribution in [1.82, 2.24) is 0 Å². The third-order valence-electron chi connectivity index (χ3n) is 2.79. The molecule has 0 saturated heterocycles. The zero-order chi connectivity index (χ0) is 11.3. The lowest BCUT2D eigenvalue weighted by molar-refractivity contribution is 0.622. The number of hydrogen-bond donors (Lipinski definition) is 1. The van der Waals surface area contributed by atoms with Crippen LogP contribution in [0.1, 0.15) is 36.0 Å². The van der Waals surface area contributed by atoms with E-state index in [1.165, 1.54) is 5.56 Å². The standard InChI is InChI=1S/C13H20FN/c1-10-8-12(14)9-11(2)13(10)6-4-3-5-7-15/h8-9H,3-7,15H2,1-2H3. The van der Waals surface area contributed by atoms with Crippen LogP contribution in [0.2, 0.25) is 0 Å². The molecule has 0 fully saturated rings. The van der Waals surface area contributed by atoms with E-state index in [2.05, 4.69) is 0 Å². The van der Waals surface area contributed by atoms with Gasteiger partial charge in [0.15, 0.2) is 0 Å². The topological polar surface area (TPSA) is 26.0 Å². The van der Waals surface area contributed by atoms with Gasteiger partial charge in [-0.05, 0) is 68.5 Å². The van der Waals surface area contributed by atoms with Crippen LogP contribution in [0.5, 0.6) is 0 Å². The normalized spacial score (nSPS) is 10.7. The second-order valence-electron chi connectivity index (χ2n) is 4.12. The molecule has 1 nitrogen and oxygen atoms in total. The Bertz CT molecular complexity index is 297. The summed E-state index contributed by atoms with van der Waals surface area (Å²) in [6.07, 6.45) is 4.43. The Morgan fingerprint density at radius 2 is 1.67 bits per heavy atom. The largest absolute Gasteiger partial charge is 0.330 e. The fourth-order valence-corrected chi connectivity index (χ4v) is 1.96. The van der Waals surface area contributed by atoms with Crippen LogP contribution in [0.25, 0.3) is 0 Å². The predicted octanol–water partition coefficient (Wildman–Crippen LogP) is 3.11. The molecule has 1 aromatic rings. The van der Waals surface area contributed by atoms with Crippen LogP contribution in [-0.4, -0.2) is 6.54 Å². The van der Waals surface area contributed by atoms with E-state index in [9.17, 15) is 4.39 Å². The molecule has 1 aromatic carbocycles. The molecule has 0 aliphatic carbocycles. The first kappa shape index (κ1) is 12.2. The van der Waals surface area contributed by atoms with E-state index in [-0.39, 0.29) is 5.82 Å². The average Bonchev–Trinajstić information content (AvgIpc) is 2.15. The lowest BCUT2D eigenvalue weighted by atomic mass is 9.97. The molecule has 0 aliphatic rings. The number of rotatable bonds is 5. The van der Waals surface area contributed by atoms with Gasteiger partial charge < -0.3 is 5.73 Å². The third kappa shape index (κ3) is 3.63. The van der Waals surface area contributed by atoms with Gasteiger partial charge in [0.05, 0.1) is 0 Å². The minimum absolute atomic E-state index is 0.129. The Balaban J connectivity index is 2.60. The van der Waals surface area contributed by atoms with E-state index in [1.54, 1.807) is 12.1 Å². The minimum atomic E-state index is -0.129. The van der Waals surface area contributed by atoms with Crippen LogP contribution in [-0.2, 0) is 6.42 Å².